The Morgan fingerprint density at radius 1 is 1.07 bits per heavy atom. The topological polar surface area (TPSA) is 39.2 Å². The molecule has 0 unspecified atom stereocenters. The molecule has 0 amide bonds. The van der Waals surface area contributed by atoms with Gasteiger partial charge in [-0.15, -0.1) is 0 Å². The van der Waals surface area contributed by atoms with Crippen LogP contribution < -0.4 is 15.2 Å². The maximum Gasteiger partial charge on any atom is 0.316 e. The van der Waals surface area contributed by atoms with Crippen molar-refractivity contribution in [2.75, 3.05) is 0 Å². The Balaban J connectivity index is 2.76. The van der Waals surface area contributed by atoms with Gasteiger partial charge in [-0.2, -0.15) is 0 Å². The van der Waals surface area contributed by atoms with Crippen molar-refractivity contribution in [1.29, 1.82) is 0 Å². The number of rotatable bonds is 5. The van der Waals surface area contributed by atoms with Crippen LogP contribution in [0.2, 0.25) is 11.1 Å². The summed E-state index contributed by atoms with van der Waals surface area (Å²) in [5.41, 5.74) is -0.107. The normalized spacial score (nSPS) is 12.5. The first-order valence-corrected chi connectivity index (χ1v) is 11.6. The van der Waals surface area contributed by atoms with Crippen LogP contribution in [0.25, 0.3) is 0 Å². The lowest BCUT2D eigenvalue weighted by atomic mass is 9.97. The van der Waals surface area contributed by atoms with Crippen LogP contribution >= 0.6 is 0 Å². The Bertz CT molecular complexity index is 790. The maximum absolute atomic E-state index is 14.1. The third-order valence-electron chi connectivity index (χ3n) is 5.11. The lowest BCUT2D eigenvalue weighted by molar-refractivity contribution is -0.142. The van der Waals surface area contributed by atoms with Crippen LogP contribution in [0.1, 0.15) is 48.5 Å². The molecule has 0 N–H and O–H groups in total. The van der Waals surface area contributed by atoms with Crippen molar-refractivity contribution in [1.82, 2.24) is 4.98 Å². The van der Waals surface area contributed by atoms with Gasteiger partial charge in [-0.25, -0.2) is 4.39 Å². The van der Waals surface area contributed by atoms with Gasteiger partial charge in [0.05, 0.1) is 5.41 Å². The number of halogens is 1. The number of hydrogen-bond donors (Lipinski definition) is 0. The van der Waals surface area contributed by atoms with Gasteiger partial charge < -0.3 is 4.74 Å². The predicted molar refractivity (Wildman–Crippen MR) is 111 cm³/mol. The summed E-state index contributed by atoms with van der Waals surface area (Å²) < 4.78 is 19.8. The molecule has 0 bridgehead atoms. The van der Waals surface area contributed by atoms with E-state index < -0.39 is 19.3 Å². The summed E-state index contributed by atoms with van der Waals surface area (Å²) in [4.78, 5) is 17.2. The van der Waals surface area contributed by atoms with E-state index in [1.807, 2.05) is 18.2 Å². The third-order valence-corrected chi connectivity index (χ3v) is 11.2. The van der Waals surface area contributed by atoms with Crippen LogP contribution in [0.3, 0.4) is 0 Å². The molecule has 27 heavy (non-hydrogen) atoms. The van der Waals surface area contributed by atoms with Crippen LogP contribution in [0.4, 0.5) is 4.39 Å². The van der Waals surface area contributed by atoms with E-state index in [0.717, 1.165) is 10.5 Å². The number of benzene rings is 1. The highest BCUT2D eigenvalue weighted by Gasteiger charge is 2.47. The number of esters is 1. The van der Waals surface area contributed by atoms with Crippen molar-refractivity contribution >= 4 is 24.5 Å². The number of carbonyl (C=O) groups excluding carboxylic acids is 1. The largest absolute Gasteiger partial charge is 0.426 e. The molecule has 1 aromatic heterocycles. The van der Waals surface area contributed by atoms with Crippen LogP contribution in [-0.2, 0) is 4.79 Å². The molecule has 146 valence electrons. The number of hydrogen-bond acceptors (Lipinski definition) is 3. The van der Waals surface area contributed by atoms with E-state index in [1.165, 1.54) is 12.1 Å². The van der Waals surface area contributed by atoms with E-state index in [0.29, 0.717) is 5.75 Å². The zero-order valence-corrected chi connectivity index (χ0v) is 18.3. The van der Waals surface area contributed by atoms with E-state index in [9.17, 15) is 9.18 Å². The van der Waals surface area contributed by atoms with Gasteiger partial charge in [0.15, 0.2) is 8.07 Å². The minimum Gasteiger partial charge on any atom is -0.426 e. The van der Waals surface area contributed by atoms with Gasteiger partial charge in [-0.05, 0) is 55.2 Å². The molecule has 0 fully saturated rings. The molecule has 2 aromatic rings. The minimum absolute atomic E-state index is 0.282. The summed E-state index contributed by atoms with van der Waals surface area (Å²) >= 11 is 0. The van der Waals surface area contributed by atoms with Crippen LogP contribution in [-0.4, -0.2) is 19.0 Å². The van der Waals surface area contributed by atoms with Crippen LogP contribution in [0.5, 0.6) is 5.75 Å². The molecule has 0 saturated heterocycles. The zero-order valence-electron chi connectivity index (χ0n) is 17.3. The van der Waals surface area contributed by atoms with Crippen molar-refractivity contribution in [2.24, 2.45) is 5.41 Å². The van der Waals surface area contributed by atoms with E-state index in [2.05, 4.69) is 32.7 Å². The fourth-order valence-electron chi connectivity index (χ4n) is 3.80. The first-order valence-electron chi connectivity index (χ1n) is 9.45. The predicted octanol–water partition coefficient (Wildman–Crippen LogP) is 4.56. The lowest BCUT2D eigenvalue weighted by Crippen LogP contribution is -2.64. The summed E-state index contributed by atoms with van der Waals surface area (Å²) in [7, 11) is -2.45. The first-order chi connectivity index (χ1) is 12.5. The summed E-state index contributed by atoms with van der Waals surface area (Å²) in [6.07, 6.45) is 1.80. The quantitative estimate of drug-likeness (QED) is 0.429. The molecule has 2 rings (SSSR count). The Labute approximate surface area is 163 Å². The average molecular weight is 388 g/mol. The van der Waals surface area contributed by atoms with Gasteiger partial charge in [0.2, 0.25) is 0 Å². The van der Waals surface area contributed by atoms with Gasteiger partial charge in [0, 0.05) is 17.6 Å². The average Bonchev–Trinajstić information content (AvgIpc) is 2.56. The highest BCUT2D eigenvalue weighted by atomic mass is 28.3. The summed E-state index contributed by atoms with van der Waals surface area (Å²) in [6, 6.07) is 10.5. The molecule has 3 nitrogen and oxygen atoms in total. The van der Waals surface area contributed by atoms with Crippen molar-refractivity contribution in [3.63, 3.8) is 0 Å². The van der Waals surface area contributed by atoms with Crippen molar-refractivity contribution in [3.8, 4) is 5.75 Å². The second-order valence-electron chi connectivity index (χ2n) is 8.67. The molecule has 0 aliphatic carbocycles. The number of aromatic nitrogens is 1. The Morgan fingerprint density at radius 3 is 2.19 bits per heavy atom. The number of ether oxygens (including phenoxy) is 1. The molecule has 0 spiro atoms. The molecule has 0 aliphatic rings. The van der Waals surface area contributed by atoms with Gasteiger partial charge in [-0.1, -0.05) is 39.8 Å². The van der Waals surface area contributed by atoms with Crippen molar-refractivity contribution in [2.45, 2.75) is 59.5 Å². The third kappa shape index (κ3) is 4.13. The fraction of sp³-hybridized carbons (Fsp3) is 0.455. The number of nitrogens with zero attached hydrogens (tertiary/aromatic N) is 1. The molecule has 0 saturated carbocycles. The SMILES string of the molecule is CC(C)[Si](c1ccccn1)(c1ccc(F)cc1OC(=O)C(C)(C)C)C(C)C. The Kier molecular flexibility index (Phi) is 6.25. The van der Waals surface area contributed by atoms with E-state index in [-0.39, 0.29) is 17.1 Å². The van der Waals surface area contributed by atoms with Crippen molar-refractivity contribution in [3.05, 3.63) is 48.4 Å². The van der Waals surface area contributed by atoms with Gasteiger partial charge in [-0.3, -0.25) is 9.78 Å². The first kappa shape index (κ1) is 21.3. The smallest absolute Gasteiger partial charge is 0.316 e. The maximum atomic E-state index is 14.1. The minimum atomic E-state index is -2.45. The van der Waals surface area contributed by atoms with Gasteiger partial charge in [0.25, 0.3) is 0 Å². The summed E-state index contributed by atoms with van der Waals surface area (Å²) in [6.45, 7) is 14.1. The lowest BCUT2D eigenvalue weighted by Gasteiger charge is -2.40. The van der Waals surface area contributed by atoms with Gasteiger partial charge in [0.1, 0.15) is 11.6 Å². The second-order valence-corrected chi connectivity index (χ2v) is 13.8. The molecular formula is C22H30FNO2Si. The van der Waals surface area contributed by atoms with Gasteiger partial charge >= 0.3 is 5.97 Å². The van der Waals surface area contributed by atoms with E-state index in [4.69, 9.17) is 4.74 Å². The Morgan fingerprint density at radius 2 is 1.70 bits per heavy atom. The highest BCUT2D eigenvalue weighted by molar-refractivity contribution is 7.04. The fourth-order valence-corrected chi connectivity index (χ4v) is 9.39. The summed E-state index contributed by atoms with van der Waals surface area (Å²) in [5, 5.41) is 1.94. The molecule has 0 radical (unpaired) electrons. The molecule has 5 heteroatoms. The summed E-state index contributed by atoms with van der Waals surface area (Å²) in [5.74, 6) is -0.452. The highest BCUT2D eigenvalue weighted by Crippen LogP contribution is 2.34. The molecule has 0 aliphatic heterocycles. The van der Waals surface area contributed by atoms with Crippen molar-refractivity contribution < 1.29 is 13.9 Å². The molecule has 1 aromatic carbocycles. The Hall–Kier alpha value is -2.01. The van der Waals surface area contributed by atoms with Crippen LogP contribution in [0.15, 0.2) is 42.6 Å². The van der Waals surface area contributed by atoms with Crippen LogP contribution in [0, 0.1) is 11.2 Å². The molecule has 1 heterocycles. The number of pyridine rings is 1. The number of carbonyl (C=O) groups is 1. The van der Waals surface area contributed by atoms with E-state index in [1.54, 1.807) is 33.0 Å². The molecule has 0 atom stereocenters. The van der Waals surface area contributed by atoms with E-state index >= 15 is 0 Å². The monoisotopic (exact) mass is 387 g/mol. The zero-order chi connectivity index (χ0) is 20.4. The standard InChI is InChI=1S/C22H30FNO2Si/c1-15(2)27(16(3)4,20-10-8-9-13-24-20)19-12-11-17(23)14-18(19)26-21(25)22(5,6)7/h8-16H,1-7H3. The molecular weight excluding hydrogens is 357 g/mol. The second kappa shape index (κ2) is 7.93.